The number of aliphatic hydroxyl groups excluding tert-OH is 1. The van der Waals surface area contributed by atoms with Gasteiger partial charge < -0.3 is 21.1 Å². The number of nitrogens with one attached hydrogen (secondary N) is 1. The molecule has 0 aliphatic rings. The number of hydrogen-bond donors (Lipinski definition) is 3. The van der Waals surface area contributed by atoms with E-state index in [2.05, 4.69) is 5.32 Å². The van der Waals surface area contributed by atoms with Gasteiger partial charge in [-0.2, -0.15) is 0 Å². The first-order valence-electron chi connectivity index (χ1n) is 6.17. The summed E-state index contributed by atoms with van der Waals surface area (Å²) in [6.07, 6.45) is 1.04. The Hall–Kier alpha value is -1.66. The SMILES string of the molecule is CN(CCO)CCCC(=O)Nc1ccc(F)cc1N. The number of benzene rings is 1. The molecule has 1 aromatic rings. The largest absolute Gasteiger partial charge is 0.397 e. The monoisotopic (exact) mass is 269 g/mol. The Morgan fingerprint density at radius 2 is 2.21 bits per heavy atom. The number of carbonyl (C=O) groups excluding carboxylic acids is 1. The number of likely N-dealkylation sites (N-methyl/N-ethyl adjacent to an activating group) is 1. The molecule has 0 fully saturated rings. The molecule has 0 bridgehead atoms. The van der Waals surface area contributed by atoms with Gasteiger partial charge in [-0.1, -0.05) is 0 Å². The van der Waals surface area contributed by atoms with Gasteiger partial charge in [0.05, 0.1) is 18.0 Å². The molecule has 0 aromatic heterocycles. The van der Waals surface area contributed by atoms with Gasteiger partial charge in [0, 0.05) is 13.0 Å². The number of carbonyl (C=O) groups is 1. The molecule has 106 valence electrons. The number of hydrogen-bond acceptors (Lipinski definition) is 4. The molecule has 0 aliphatic carbocycles. The normalized spacial score (nSPS) is 10.7. The standard InChI is InChI=1S/C13H20FN3O2/c1-17(7-8-18)6-2-3-13(19)16-12-5-4-10(14)9-11(12)15/h4-5,9,18H,2-3,6-8,15H2,1H3,(H,16,19). The molecular formula is C13H20FN3O2. The number of nitrogen functional groups attached to an aromatic ring is 1. The predicted octanol–water partition coefficient (Wildman–Crippen LogP) is 1.05. The molecule has 4 N–H and O–H groups in total. The molecule has 0 spiro atoms. The maximum atomic E-state index is 12.8. The summed E-state index contributed by atoms with van der Waals surface area (Å²) in [5.41, 5.74) is 6.24. The number of nitrogens with two attached hydrogens (primary N) is 1. The van der Waals surface area contributed by atoms with Gasteiger partial charge in [-0.25, -0.2) is 4.39 Å². The van der Waals surface area contributed by atoms with Gasteiger partial charge in [-0.05, 0) is 38.2 Å². The molecule has 0 heterocycles. The lowest BCUT2D eigenvalue weighted by Crippen LogP contribution is -2.24. The quantitative estimate of drug-likeness (QED) is 0.647. The van der Waals surface area contributed by atoms with Crippen LogP contribution in [-0.2, 0) is 4.79 Å². The van der Waals surface area contributed by atoms with E-state index < -0.39 is 5.82 Å². The third-order valence-corrected chi connectivity index (χ3v) is 2.71. The van der Waals surface area contributed by atoms with Crippen molar-refractivity contribution in [2.24, 2.45) is 0 Å². The molecule has 0 unspecified atom stereocenters. The minimum Gasteiger partial charge on any atom is -0.397 e. The summed E-state index contributed by atoms with van der Waals surface area (Å²) in [5.74, 6) is -0.586. The first kappa shape index (κ1) is 15.4. The fraction of sp³-hybridized carbons (Fsp3) is 0.462. The molecule has 0 atom stereocenters. The van der Waals surface area contributed by atoms with E-state index in [1.165, 1.54) is 18.2 Å². The highest BCUT2D eigenvalue weighted by molar-refractivity contribution is 5.93. The number of aliphatic hydroxyl groups is 1. The molecule has 0 aliphatic heterocycles. The van der Waals surface area contributed by atoms with E-state index in [0.29, 0.717) is 25.1 Å². The molecule has 5 nitrogen and oxygen atoms in total. The Kier molecular flexibility index (Phi) is 6.24. The van der Waals surface area contributed by atoms with Gasteiger partial charge in [0.25, 0.3) is 0 Å². The first-order chi connectivity index (χ1) is 9.02. The summed E-state index contributed by atoms with van der Waals surface area (Å²) in [5, 5.41) is 11.4. The number of nitrogens with zero attached hydrogens (tertiary/aromatic N) is 1. The fourth-order valence-corrected chi connectivity index (χ4v) is 1.65. The minimum atomic E-state index is -0.430. The van der Waals surface area contributed by atoms with Crippen molar-refractivity contribution in [3.63, 3.8) is 0 Å². The van der Waals surface area contributed by atoms with Crippen LogP contribution in [0.4, 0.5) is 15.8 Å². The molecule has 0 saturated carbocycles. The molecule has 0 saturated heterocycles. The smallest absolute Gasteiger partial charge is 0.224 e. The van der Waals surface area contributed by atoms with Crippen LogP contribution in [0.2, 0.25) is 0 Å². The Bertz CT molecular complexity index is 426. The maximum Gasteiger partial charge on any atom is 0.224 e. The zero-order valence-electron chi connectivity index (χ0n) is 11.0. The van der Waals surface area contributed by atoms with Crippen LogP contribution in [0.1, 0.15) is 12.8 Å². The Labute approximate surface area is 112 Å². The average molecular weight is 269 g/mol. The summed E-state index contributed by atoms with van der Waals surface area (Å²) in [7, 11) is 1.88. The maximum absolute atomic E-state index is 12.8. The highest BCUT2D eigenvalue weighted by atomic mass is 19.1. The molecule has 1 aromatic carbocycles. The van der Waals surface area contributed by atoms with Gasteiger partial charge in [0.2, 0.25) is 5.91 Å². The van der Waals surface area contributed by atoms with E-state index in [1.807, 2.05) is 11.9 Å². The summed E-state index contributed by atoms with van der Waals surface area (Å²) >= 11 is 0. The minimum absolute atomic E-state index is 0.106. The Balaban J connectivity index is 2.35. The van der Waals surface area contributed by atoms with Crippen LogP contribution in [0.25, 0.3) is 0 Å². The van der Waals surface area contributed by atoms with Crippen LogP contribution in [0.3, 0.4) is 0 Å². The number of rotatable bonds is 7. The molecule has 19 heavy (non-hydrogen) atoms. The lowest BCUT2D eigenvalue weighted by Gasteiger charge is -2.14. The highest BCUT2D eigenvalue weighted by Gasteiger charge is 2.06. The van der Waals surface area contributed by atoms with Crippen LogP contribution < -0.4 is 11.1 Å². The van der Waals surface area contributed by atoms with E-state index in [0.717, 1.165) is 6.54 Å². The van der Waals surface area contributed by atoms with Crippen molar-refractivity contribution in [3.05, 3.63) is 24.0 Å². The number of amides is 1. The fourth-order valence-electron chi connectivity index (χ4n) is 1.65. The van der Waals surface area contributed by atoms with Gasteiger partial charge in [0.1, 0.15) is 5.82 Å². The van der Waals surface area contributed by atoms with E-state index in [1.54, 1.807) is 0 Å². The van der Waals surface area contributed by atoms with E-state index in [-0.39, 0.29) is 18.2 Å². The Morgan fingerprint density at radius 3 is 2.84 bits per heavy atom. The van der Waals surface area contributed by atoms with Gasteiger partial charge >= 0.3 is 0 Å². The van der Waals surface area contributed by atoms with Crippen LogP contribution >= 0.6 is 0 Å². The third-order valence-electron chi connectivity index (χ3n) is 2.71. The van der Waals surface area contributed by atoms with Crippen LogP contribution in [0.15, 0.2) is 18.2 Å². The van der Waals surface area contributed by atoms with Crippen molar-refractivity contribution >= 4 is 17.3 Å². The lowest BCUT2D eigenvalue weighted by molar-refractivity contribution is -0.116. The van der Waals surface area contributed by atoms with Gasteiger partial charge in [-0.15, -0.1) is 0 Å². The Morgan fingerprint density at radius 1 is 1.47 bits per heavy atom. The summed E-state index contributed by atoms with van der Waals surface area (Å²) < 4.78 is 12.8. The zero-order valence-corrected chi connectivity index (χ0v) is 11.0. The van der Waals surface area contributed by atoms with Crippen molar-refractivity contribution < 1.29 is 14.3 Å². The third kappa shape index (κ3) is 5.67. The predicted molar refractivity (Wildman–Crippen MR) is 73.3 cm³/mol. The second-order valence-corrected chi connectivity index (χ2v) is 4.41. The first-order valence-corrected chi connectivity index (χ1v) is 6.17. The van der Waals surface area contributed by atoms with Crippen molar-refractivity contribution in [1.82, 2.24) is 4.90 Å². The summed E-state index contributed by atoms with van der Waals surface area (Å²) in [6, 6.07) is 3.87. The van der Waals surface area contributed by atoms with Crippen molar-refractivity contribution in [2.75, 3.05) is 37.8 Å². The molecule has 1 amide bonds. The van der Waals surface area contributed by atoms with E-state index >= 15 is 0 Å². The second kappa shape index (κ2) is 7.70. The number of anilines is 2. The van der Waals surface area contributed by atoms with E-state index in [4.69, 9.17) is 10.8 Å². The molecular weight excluding hydrogens is 249 g/mol. The van der Waals surface area contributed by atoms with Crippen molar-refractivity contribution in [2.45, 2.75) is 12.8 Å². The van der Waals surface area contributed by atoms with Crippen molar-refractivity contribution in [1.29, 1.82) is 0 Å². The van der Waals surface area contributed by atoms with Crippen LogP contribution in [0, 0.1) is 5.82 Å². The van der Waals surface area contributed by atoms with Gasteiger partial charge in [0.15, 0.2) is 0 Å². The van der Waals surface area contributed by atoms with E-state index in [9.17, 15) is 9.18 Å². The molecule has 6 heteroatoms. The topological polar surface area (TPSA) is 78.6 Å². The summed E-state index contributed by atoms with van der Waals surface area (Å²) in [6.45, 7) is 1.42. The van der Waals surface area contributed by atoms with Crippen molar-refractivity contribution in [3.8, 4) is 0 Å². The van der Waals surface area contributed by atoms with Gasteiger partial charge in [-0.3, -0.25) is 4.79 Å². The lowest BCUT2D eigenvalue weighted by atomic mass is 10.2. The average Bonchev–Trinajstić information content (AvgIpc) is 2.33. The second-order valence-electron chi connectivity index (χ2n) is 4.41. The zero-order chi connectivity index (χ0) is 14.3. The molecule has 0 radical (unpaired) electrons. The van der Waals surface area contributed by atoms with Crippen LogP contribution in [-0.4, -0.2) is 42.7 Å². The number of halogens is 1. The molecule has 1 rings (SSSR count). The summed E-state index contributed by atoms with van der Waals surface area (Å²) in [4.78, 5) is 13.6. The highest BCUT2D eigenvalue weighted by Crippen LogP contribution is 2.19. The van der Waals surface area contributed by atoms with Crippen LogP contribution in [0.5, 0.6) is 0 Å².